The van der Waals surface area contributed by atoms with Crippen LogP contribution in [0, 0.1) is 0 Å². The number of rotatable bonds is 5. The van der Waals surface area contributed by atoms with Crippen LogP contribution in [0.5, 0.6) is 0 Å². The molecule has 0 saturated heterocycles. The molecule has 0 atom stereocenters. The highest BCUT2D eigenvalue weighted by Crippen LogP contribution is 2.25. The molecule has 0 unspecified atom stereocenters. The maximum absolute atomic E-state index is 13.0. The molecule has 0 aliphatic carbocycles. The second-order valence-corrected chi connectivity index (χ2v) is 6.66. The van der Waals surface area contributed by atoms with Gasteiger partial charge in [-0.1, -0.05) is 49.4 Å². The molecule has 4 nitrogen and oxygen atoms in total. The lowest BCUT2D eigenvalue weighted by molar-refractivity contribution is 0.0952. The summed E-state index contributed by atoms with van der Waals surface area (Å²) in [5.74, 6) is -0.109. The van der Waals surface area contributed by atoms with Crippen LogP contribution in [0.3, 0.4) is 0 Å². The van der Waals surface area contributed by atoms with E-state index < -0.39 is 0 Å². The average Bonchev–Trinajstić information content (AvgIpc) is 2.77. The number of hydrogen-bond donors (Lipinski definition) is 1. The SMILES string of the molecule is CCc1ccc(-c2cc(C(=O)NCc3ccncc3)c3ccccc3n2)cc1. The van der Waals surface area contributed by atoms with Crippen molar-refractivity contribution >= 4 is 16.8 Å². The fraction of sp³-hybridized carbons (Fsp3) is 0.125. The van der Waals surface area contributed by atoms with Crippen LogP contribution >= 0.6 is 0 Å². The zero-order valence-electron chi connectivity index (χ0n) is 15.7. The molecule has 2 heterocycles. The monoisotopic (exact) mass is 367 g/mol. The molecular formula is C24H21N3O. The van der Waals surface area contributed by atoms with Crippen LogP contribution in [-0.2, 0) is 13.0 Å². The zero-order chi connectivity index (χ0) is 19.3. The molecule has 1 amide bonds. The van der Waals surface area contributed by atoms with Gasteiger partial charge in [0.2, 0.25) is 0 Å². The van der Waals surface area contributed by atoms with Crippen molar-refractivity contribution in [2.45, 2.75) is 19.9 Å². The Hall–Kier alpha value is -3.53. The summed E-state index contributed by atoms with van der Waals surface area (Å²) in [7, 11) is 0. The van der Waals surface area contributed by atoms with Crippen molar-refractivity contribution in [1.29, 1.82) is 0 Å². The summed E-state index contributed by atoms with van der Waals surface area (Å²) >= 11 is 0. The number of aromatic nitrogens is 2. The molecule has 4 aromatic rings. The van der Waals surface area contributed by atoms with E-state index in [2.05, 4.69) is 41.5 Å². The van der Waals surface area contributed by atoms with Gasteiger partial charge in [-0.2, -0.15) is 0 Å². The summed E-state index contributed by atoms with van der Waals surface area (Å²) in [5, 5.41) is 3.86. The lowest BCUT2D eigenvalue weighted by Gasteiger charge is -2.11. The van der Waals surface area contributed by atoms with Crippen molar-refractivity contribution < 1.29 is 4.79 Å². The third kappa shape index (κ3) is 3.76. The van der Waals surface area contributed by atoms with Gasteiger partial charge in [0.15, 0.2) is 0 Å². The molecule has 4 heteroatoms. The van der Waals surface area contributed by atoms with E-state index in [1.54, 1.807) is 12.4 Å². The number of para-hydroxylation sites is 1. The Bertz CT molecular complexity index is 1110. The first-order valence-electron chi connectivity index (χ1n) is 9.41. The first-order valence-corrected chi connectivity index (χ1v) is 9.41. The first-order chi connectivity index (χ1) is 13.7. The number of hydrogen-bond acceptors (Lipinski definition) is 3. The Morgan fingerprint density at radius 2 is 1.68 bits per heavy atom. The predicted molar refractivity (Wildman–Crippen MR) is 112 cm³/mol. The van der Waals surface area contributed by atoms with Gasteiger partial charge in [0.1, 0.15) is 0 Å². The Morgan fingerprint density at radius 1 is 0.929 bits per heavy atom. The van der Waals surface area contributed by atoms with Crippen LogP contribution in [0.1, 0.15) is 28.4 Å². The van der Waals surface area contributed by atoms with Crippen LogP contribution in [0.15, 0.2) is 79.1 Å². The van der Waals surface area contributed by atoms with Crippen LogP contribution < -0.4 is 5.32 Å². The minimum atomic E-state index is -0.109. The summed E-state index contributed by atoms with van der Waals surface area (Å²) in [5.41, 5.74) is 5.54. The van der Waals surface area contributed by atoms with Gasteiger partial charge in [-0.3, -0.25) is 9.78 Å². The molecular weight excluding hydrogens is 346 g/mol. The summed E-state index contributed by atoms with van der Waals surface area (Å²) in [6.07, 6.45) is 4.44. The molecule has 28 heavy (non-hydrogen) atoms. The summed E-state index contributed by atoms with van der Waals surface area (Å²) in [4.78, 5) is 21.7. The quantitative estimate of drug-likeness (QED) is 0.552. The smallest absolute Gasteiger partial charge is 0.252 e. The van der Waals surface area contributed by atoms with Crippen molar-refractivity contribution in [3.8, 4) is 11.3 Å². The average molecular weight is 367 g/mol. The highest BCUT2D eigenvalue weighted by atomic mass is 16.1. The van der Waals surface area contributed by atoms with E-state index in [4.69, 9.17) is 4.98 Å². The minimum Gasteiger partial charge on any atom is -0.348 e. The van der Waals surface area contributed by atoms with Crippen LogP contribution in [0.2, 0.25) is 0 Å². The Labute approximate surface area is 164 Å². The number of fused-ring (bicyclic) bond motifs is 1. The fourth-order valence-electron chi connectivity index (χ4n) is 3.20. The predicted octanol–water partition coefficient (Wildman–Crippen LogP) is 4.79. The normalized spacial score (nSPS) is 10.8. The van der Waals surface area contributed by atoms with Crippen LogP contribution in [0.4, 0.5) is 0 Å². The van der Waals surface area contributed by atoms with E-state index >= 15 is 0 Å². The number of pyridine rings is 2. The maximum atomic E-state index is 13.0. The van der Waals surface area contributed by atoms with Gasteiger partial charge in [-0.15, -0.1) is 0 Å². The van der Waals surface area contributed by atoms with E-state index in [0.29, 0.717) is 12.1 Å². The van der Waals surface area contributed by atoms with Gasteiger partial charge in [-0.05, 0) is 41.8 Å². The minimum absolute atomic E-state index is 0.109. The molecule has 4 rings (SSSR count). The third-order valence-corrected chi connectivity index (χ3v) is 4.82. The highest BCUT2D eigenvalue weighted by Gasteiger charge is 2.14. The standard InChI is InChI=1S/C24H21N3O/c1-2-17-7-9-19(10-8-17)23-15-21(20-5-3-4-6-22(20)27-23)24(28)26-16-18-11-13-25-14-12-18/h3-15H,2,16H2,1H3,(H,26,28). The summed E-state index contributed by atoms with van der Waals surface area (Å²) in [6.45, 7) is 2.59. The number of carbonyl (C=O) groups is 1. The number of carbonyl (C=O) groups excluding carboxylic acids is 1. The molecule has 0 radical (unpaired) electrons. The number of nitrogens with zero attached hydrogens (tertiary/aromatic N) is 2. The van der Waals surface area contributed by atoms with Gasteiger partial charge in [0.25, 0.3) is 5.91 Å². The number of benzene rings is 2. The maximum Gasteiger partial charge on any atom is 0.252 e. The zero-order valence-corrected chi connectivity index (χ0v) is 15.7. The molecule has 2 aromatic carbocycles. The van der Waals surface area contributed by atoms with Gasteiger partial charge >= 0.3 is 0 Å². The fourth-order valence-corrected chi connectivity index (χ4v) is 3.20. The molecule has 2 aromatic heterocycles. The van der Waals surface area contributed by atoms with E-state index in [9.17, 15) is 4.79 Å². The van der Waals surface area contributed by atoms with Crippen LogP contribution in [-0.4, -0.2) is 15.9 Å². The Morgan fingerprint density at radius 3 is 2.43 bits per heavy atom. The first kappa shape index (κ1) is 17.9. The molecule has 0 saturated carbocycles. The van der Waals surface area contributed by atoms with Gasteiger partial charge in [-0.25, -0.2) is 4.98 Å². The van der Waals surface area contributed by atoms with Crippen molar-refractivity contribution in [3.05, 3.63) is 95.8 Å². The molecule has 1 N–H and O–H groups in total. The van der Waals surface area contributed by atoms with E-state index in [-0.39, 0.29) is 5.91 Å². The number of aryl methyl sites for hydroxylation is 1. The van der Waals surface area contributed by atoms with Gasteiger partial charge in [0, 0.05) is 29.9 Å². The summed E-state index contributed by atoms with van der Waals surface area (Å²) in [6, 6.07) is 21.8. The van der Waals surface area contributed by atoms with Gasteiger partial charge < -0.3 is 5.32 Å². The second kappa shape index (κ2) is 8.01. The summed E-state index contributed by atoms with van der Waals surface area (Å²) < 4.78 is 0. The van der Waals surface area contributed by atoms with E-state index in [1.807, 2.05) is 42.5 Å². The molecule has 138 valence electrons. The van der Waals surface area contributed by atoms with Crippen LogP contribution in [0.25, 0.3) is 22.2 Å². The number of nitrogens with one attached hydrogen (secondary N) is 1. The Kier molecular flexibility index (Phi) is 5.11. The largest absolute Gasteiger partial charge is 0.348 e. The number of amides is 1. The third-order valence-electron chi connectivity index (χ3n) is 4.82. The Balaban J connectivity index is 1.70. The van der Waals surface area contributed by atoms with Crippen molar-refractivity contribution in [2.75, 3.05) is 0 Å². The second-order valence-electron chi connectivity index (χ2n) is 6.66. The lowest BCUT2D eigenvalue weighted by Crippen LogP contribution is -2.23. The molecule has 0 fully saturated rings. The lowest BCUT2D eigenvalue weighted by atomic mass is 10.0. The van der Waals surface area contributed by atoms with E-state index in [1.165, 1.54) is 5.56 Å². The van der Waals surface area contributed by atoms with Gasteiger partial charge in [0.05, 0.1) is 16.8 Å². The highest BCUT2D eigenvalue weighted by molar-refractivity contribution is 6.07. The molecule has 0 aliphatic heterocycles. The topological polar surface area (TPSA) is 54.9 Å². The molecule has 0 aliphatic rings. The molecule has 0 spiro atoms. The van der Waals surface area contributed by atoms with Crippen molar-refractivity contribution in [2.24, 2.45) is 0 Å². The van der Waals surface area contributed by atoms with E-state index in [0.717, 1.165) is 34.1 Å². The molecule has 0 bridgehead atoms. The van der Waals surface area contributed by atoms with Crippen molar-refractivity contribution in [1.82, 2.24) is 15.3 Å². The van der Waals surface area contributed by atoms with Crippen molar-refractivity contribution in [3.63, 3.8) is 0 Å².